The van der Waals surface area contributed by atoms with Crippen molar-refractivity contribution in [2.45, 2.75) is 13.8 Å². The molecule has 0 aliphatic rings. The van der Waals surface area contributed by atoms with Gasteiger partial charge in [0.1, 0.15) is 5.69 Å². The fourth-order valence-corrected chi connectivity index (χ4v) is 1.60. The number of rotatable bonds is 2. The van der Waals surface area contributed by atoms with E-state index in [1.54, 1.807) is 12.1 Å². The predicted molar refractivity (Wildman–Crippen MR) is 62.8 cm³/mol. The van der Waals surface area contributed by atoms with Gasteiger partial charge in [0.15, 0.2) is 0 Å². The SMILES string of the molecule is Cc1ccc(-n2[nH]c(C(=O)O)c(C)c2=O)cc1. The number of carbonyl (C=O) groups is 1. The summed E-state index contributed by atoms with van der Waals surface area (Å²) in [5, 5.41) is 11.5. The van der Waals surface area contributed by atoms with Gasteiger partial charge in [0.25, 0.3) is 5.56 Å². The Kier molecular flexibility index (Phi) is 2.59. The van der Waals surface area contributed by atoms with E-state index in [-0.39, 0.29) is 16.8 Å². The molecular formula is C12H12N2O3. The summed E-state index contributed by atoms with van der Waals surface area (Å²) >= 11 is 0. The maximum Gasteiger partial charge on any atom is 0.354 e. The molecule has 1 aromatic heterocycles. The van der Waals surface area contributed by atoms with Crippen molar-refractivity contribution in [2.24, 2.45) is 0 Å². The van der Waals surface area contributed by atoms with E-state index >= 15 is 0 Å². The topological polar surface area (TPSA) is 75.1 Å². The number of hydrogen-bond donors (Lipinski definition) is 2. The number of carboxylic acid groups (broad SMARTS) is 1. The molecule has 0 unspecified atom stereocenters. The Morgan fingerprint density at radius 1 is 1.24 bits per heavy atom. The van der Waals surface area contributed by atoms with Crippen LogP contribution in [-0.2, 0) is 0 Å². The average molecular weight is 232 g/mol. The van der Waals surface area contributed by atoms with Gasteiger partial charge in [0.05, 0.1) is 5.69 Å². The maximum atomic E-state index is 11.8. The first kappa shape index (κ1) is 11.2. The smallest absolute Gasteiger partial charge is 0.354 e. The van der Waals surface area contributed by atoms with Gasteiger partial charge in [0.2, 0.25) is 0 Å². The van der Waals surface area contributed by atoms with Crippen molar-refractivity contribution in [1.29, 1.82) is 0 Å². The Bertz CT molecular complexity index is 620. The van der Waals surface area contributed by atoms with Crippen LogP contribution in [0.1, 0.15) is 21.6 Å². The van der Waals surface area contributed by atoms with Crippen LogP contribution in [0.2, 0.25) is 0 Å². The van der Waals surface area contributed by atoms with Gasteiger partial charge in [-0.1, -0.05) is 17.7 Å². The van der Waals surface area contributed by atoms with Gasteiger partial charge < -0.3 is 5.11 Å². The van der Waals surface area contributed by atoms with Crippen LogP contribution < -0.4 is 5.56 Å². The van der Waals surface area contributed by atoms with Gasteiger partial charge in [-0.25, -0.2) is 9.48 Å². The van der Waals surface area contributed by atoms with E-state index in [0.29, 0.717) is 5.69 Å². The summed E-state index contributed by atoms with van der Waals surface area (Å²) < 4.78 is 1.23. The molecule has 0 saturated heterocycles. The van der Waals surface area contributed by atoms with Crippen LogP contribution >= 0.6 is 0 Å². The second kappa shape index (κ2) is 3.93. The zero-order valence-corrected chi connectivity index (χ0v) is 9.52. The lowest BCUT2D eigenvalue weighted by atomic mass is 10.2. The van der Waals surface area contributed by atoms with Gasteiger partial charge >= 0.3 is 5.97 Å². The van der Waals surface area contributed by atoms with E-state index in [4.69, 9.17) is 5.11 Å². The number of aromatic carboxylic acids is 1. The molecule has 2 rings (SSSR count). The van der Waals surface area contributed by atoms with Crippen molar-refractivity contribution < 1.29 is 9.90 Å². The average Bonchev–Trinajstić information content (AvgIpc) is 2.58. The number of aromatic amines is 1. The molecule has 88 valence electrons. The number of hydrogen-bond acceptors (Lipinski definition) is 2. The number of carboxylic acids is 1. The van der Waals surface area contributed by atoms with E-state index in [1.807, 2.05) is 19.1 Å². The third-order valence-corrected chi connectivity index (χ3v) is 2.63. The number of H-pyrrole nitrogens is 1. The zero-order valence-electron chi connectivity index (χ0n) is 9.52. The fraction of sp³-hybridized carbons (Fsp3) is 0.167. The highest BCUT2D eigenvalue weighted by atomic mass is 16.4. The minimum absolute atomic E-state index is 0.0735. The van der Waals surface area contributed by atoms with E-state index < -0.39 is 5.97 Å². The largest absolute Gasteiger partial charge is 0.477 e. The first-order valence-electron chi connectivity index (χ1n) is 5.12. The third kappa shape index (κ3) is 1.87. The number of benzene rings is 1. The number of aryl methyl sites for hydroxylation is 1. The maximum absolute atomic E-state index is 11.8. The quantitative estimate of drug-likeness (QED) is 0.823. The summed E-state index contributed by atoms with van der Waals surface area (Å²) in [5.74, 6) is -1.13. The normalized spacial score (nSPS) is 10.5. The third-order valence-electron chi connectivity index (χ3n) is 2.63. The molecule has 0 radical (unpaired) electrons. The minimum Gasteiger partial charge on any atom is -0.477 e. The van der Waals surface area contributed by atoms with Crippen molar-refractivity contribution in [3.8, 4) is 5.69 Å². The molecular weight excluding hydrogens is 220 g/mol. The van der Waals surface area contributed by atoms with Crippen molar-refractivity contribution in [1.82, 2.24) is 9.78 Å². The van der Waals surface area contributed by atoms with Gasteiger partial charge in [0, 0.05) is 5.56 Å². The van der Waals surface area contributed by atoms with Crippen LogP contribution in [0.25, 0.3) is 5.69 Å². The highest BCUT2D eigenvalue weighted by Crippen LogP contribution is 2.08. The van der Waals surface area contributed by atoms with Gasteiger partial charge in [-0.3, -0.25) is 9.89 Å². The number of nitrogens with zero attached hydrogens (tertiary/aromatic N) is 1. The molecule has 17 heavy (non-hydrogen) atoms. The molecule has 5 nitrogen and oxygen atoms in total. The highest BCUT2D eigenvalue weighted by molar-refractivity contribution is 5.86. The lowest BCUT2D eigenvalue weighted by Gasteiger charge is -2.01. The van der Waals surface area contributed by atoms with Gasteiger partial charge in [-0.2, -0.15) is 0 Å². The first-order valence-corrected chi connectivity index (χ1v) is 5.12. The molecule has 0 spiro atoms. The van der Waals surface area contributed by atoms with Gasteiger partial charge in [-0.05, 0) is 26.0 Å². The van der Waals surface area contributed by atoms with E-state index in [1.165, 1.54) is 11.6 Å². The standard InChI is InChI=1S/C12H12N2O3/c1-7-3-5-9(6-4-7)14-11(15)8(2)10(13-14)12(16)17/h3-6,13H,1-2H3,(H,16,17). The molecule has 0 atom stereocenters. The lowest BCUT2D eigenvalue weighted by molar-refractivity contribution is 0.0689. The summed E-state index contributed by atoms with van der Waals surface area (Å²) in [5.41, 5.74) is 1.49. The Morgan fingerprint density at radius 3 is 2.29 bits per heavy atom. The molecule has 0 amide bonds. The van der Waals surface area contributed by atoms with Crippen LogP contribution in [0, 0.1) is 13.8 Å². The van der Waals surface area contributed by atoms with E-state index in [2.05, 4.69) is 5.10 Å². The monoisotopic (exact) mass is 232 g/mol. The minimum atomic E-state index is -1.13. The highest BCUT2D eigenvalue weighted by Gasteiger charge is 2.16. The van der Waals surface area contributed by atoms with Crippen LogP contribution in [0.15, 0.2) is 29.1 Å². The van der Waals surface area contributed by atoms with E-state index in [0.717, 1.165) is 5.56 Å². The Hall–Kier alpha value is -2.30. The van der Waals surface area contributed by atoms with Crippen molar-refractivity contribution in [3.63, 3.8) is 0 Å². The molecule has 0 saturated carbocycles. The molecule has 0 aliphatic heterocycles. The van der Waals surface area contributed by atoms with Crippen molar-refractivity contribution >= 4 is 5.97 Å². The molecule has 0 bridgehead atoms. The molecule has 2 N–H and O–H groups in total. The molecule has 5 heteroatoms. The predicted octanol–water partition coefficient (Wildman–Crippen LogP) is 1.48. The number of aromatic nitrogens is 2. The van der Waals surface area contributed by atoms with Crippen LogP contribution in [0.5, 0.6) is 0 Å². The second-order valence-electron chi connectivity index (χ2n) is 3.89. The summed E-state index contributed by atoms with van der Waals surface area (Å²) in [6.45, 7) is 3.43. The van der Waals surface area contributed by atoms with Crippen LogP contribution in [0.4, 0.5) is 0 Å². The summed E-state index contributed by atoms with van der Waals surface area (Å²) in [4.78, 5) is 22.7. The Morgan fingerprint density at radius 2 is 1.82 bits per heavy atom. The second-order valence-corrected chi connectivity index (χ2v) is 3.89. The number of nitrogens with one attached hydrogen (secondary N) is 1. The van der Waals surface area contributed by atoms with Crippen molar-refractivity contribution in [2.75, 3.05) is 0 Å². The first-order chi connectivity index (χ1) is 8.00. The Balaban J connectivity index is 2.61. The molecule has 0 aliphatic carbocycles. The molecule has 2 aromatic rings. The van der Waals surface area contributed by atoms with Crippen molar-refractivity contribution in [3.05, 3.63) is 51.4 Å². The van der Waals surface area contributed by atoms with Crippen LogP contribution in [0.3, 0.4) is 0 Å². The molecule has 1 heterocycles. The Labute approximate surface area is 97.3 Å². The van der Waals surface area contributed by atoms with Crippen LogP contribution in [-0.4, -0.2) is 20.9 Å². The molecule has 1 aromatic carbocycles. The fourth-order valence-electron chi connectivity index (χ4n) is 1.60. The van der Waals surface area contributed by atoms with Gasteiger partial charge in [-0.15, -0.1) is 0 Å². The summed E-state index contributed by atoms with van der Waals surface area (Å²) in [7, 11) is 0. The summed E-state index contributed by atoms with van der Waals surface area (Å²) in [6, 6.07) is 7.24. The zero-order chi connectivity index (χ0) is 12.6. The summed E-state index contributed by atoms with van der Waals surface area (Å²) in [6.07, 6.45) is 0. The lowest BCUT2D eigenvalue weighted by Crippen LogP contribution is -2.15. The van der Waals surface area contributed by atoms with E-state index in [9.17, 15) is 9.59 Å². The molecule has 0 fully saturated rings.